The van der Waals surface area contributed by atoms with E-state index >= 15 is 0 Å². The van der Waals surface area contributed by atoms with Gasteiger partial charge in [0.15, 0.2) is 6.29 Å². The highest BCUT2D eigenvalue weighted by molar-refractivity contribution is 5.94. The van der Waals surface area contributed by atoms with Gasteiger partial charge in [-0.05, 0) is 6.07 Å². The molecule has 0 radical (unpaired) electrons. The Morgan fingerprint density at radius 2 is 2.17 bits per heavy atom. The molecule has 0 spiro atoms. The third kappa shape index (κ3) is 3.52. The van der Waals surface area contributed by atoms with E-state index in [1.807, 2.05) is 0 Å². The van der Waals surface area contributed by atoms with Crippen LogP contribution in [0, 0.1) is 12.4 Å². The van der Waals surface area contributed by atoms with Gasteiger partial charge in [0.1, 0.15) is 5.82 Å². The third-order valence-electron chi connectivity index (χ3n) is 2.29. The molecule has 1 aromatic rings. The molecule has 0 bridgehead atoms. The van der Waals surface area contributed by atoms with Crippen molar-refractivity contribution in [3.8, 4) is 0 Å². The molecule has 0 atom stereocenters. The van der Waals surface area contributed by atoms with Crippen LogP contribution in [0.5, 0.6) is 0 Å². The fourth-order valence-corrected chi connectivity index (χ4v) is 1.28. The molecule has 0 saturated carbocycles. The average molecular weight is 252 g/mol. The van der Waals surface area contributed by atoms with E-state index in [9.17, 15) is 9.18 Å². The highest BCUT2D eigenvalue weighted by Gasteiger charge is 2.11. The van der Waals surface area contributed by atoms with Gasteiger partial charge in [0.25, 0.3) is 5.91 Å². The van der Waals surface area contributed by atoms with E-state index in [0.717, 1.165) is 6.07 Å². The van der Waals surface area contributed by atoms with Gasteiger partial charge in [0.2, 0.25) is 5.69 Å². The Hall–Kier alpha value is -1.97. The van der Waals surface area contributed by atoms with Gasteiger partial charge in [-0.25, -0.2) is 9.24 Å². The Kier molecular flexibility index (Phi) is 5.24. The van der Waals surface area contributed by atoms with Crippen molar-refractivity contribution in [1.82, 2.24) is 5.32 Å². The minimum Gasteiger partial charge on any atom is -0.354 e. The Morgan fingerprint density at radius 3 is 2.67 bits per heavy atom. The summed E-state index contributed by atoms with van der Waals surface area (Å²) in [5, 5.41) is 2.53. The maximum atomic E-state index is 13.3. The lowest BCUT2D eigenvalue weighted by Gasteiger charge is -2.14. The zero-order chi connectivity index (χ0) is 13.5. The monoisotopic (exact) mass is 252 g/mol. The van der Waals surface area contributed by atoms with Crippen molar-refractivity contribution in [3.63, 3.8) is 0 Å². The van der Waals surface area contributed by atoms with Gasteiger partial charge in [0.05, 0.1) is 13.1 Å². The normalized spacial score (nSPS) is 10.2. The molecule has 1 N–H and O–H groups in total. The minimum absolute atomic E-state index is 0.113. The van der Waals surface area contributed by atoms with Crippen molar-refractivity contribution in [2.75, 3.05) is 20.8 Å². The number of carbonyl (C=O) groups excluding carboxylic acids is 1. The van der Waals surface area contributed by atoms with Gasteiger partial charge in [-0.1, -0.05) is 12.1 Å². The van der Waals surface area contributed by atoms with E-state index in [1.54, 1.807) is 0 Å². The summed E-state index contributed by atoms with van der Waals surface area (Å²) in [6.45, 7) is 6.85. The molecule has 5 nitrogen and oxygen atoms in total. The summed E-state index contributed by atoms with van der Waals surface area (Å²) in [5.74, 6) is -1.17. The molecule has 0 aliphatic carbocycles. The lowest BCUT2D eigenvalue weighted by Crippen LogP contribution is -2.34. The number of nitrogens with zero attached hydrogens (tertiary/aromatic N) is 1. The second-order valence-electron chi connectivity index (χ2n) is 3.39. The number of methoxy groups -OCH3 is 2. The summed E-state index contributed by atoms with van der Waals surface area (Å²) < 4.78 is 23.1. The summed E-state index contributed by atoms with van der Waals surface area (Å²) in [6, 6.07) is 3.68. The summed E-state index contributed by atoms with van der Waals surface area (Å²) in [7, 11) is 2.90. The second kappa shape index (κ2) is 6.69. The Bertz CT molecular complexity index is 467. The van der Waals surface area contributed by atoms with Gasteiger partial charge in [0, 0.05) is 19.8 Å². The first-order valence-electron chi connectivity index (χ1n) is 5.13. The first-order valence-corrected chi connectivity index (χ1v) is 5.13. The largest absolute Gasteiger partial charge is 0.354 e. The van der Waals surface area contributed by atoms with Crippen LogP contribution in [0.1, 0.15) is 10.4 Å². The summed E-state index contributed by atoms with van der Waals surface area (Å²) in [6.07, 6.45) is -0.554. The molecule has 1 aromatic carbocycles. The quantitative estimate of drug-likeness (QED) is 0.641. The molecular formula is C12H13FN2O3. The maximum Gasteiger partial charge on any atom is 0.251 e. The topological polar surface area (TPSA) is 51.9 Å². The second-order valence-corrected chi connectivity index (χ2v) is 3.39. The van der Waals surface area contributed by atoms with E-state index in [4.69, 9.17) is 16.0 Å². The van der Waals surface area contributed by atoms with Crippen LogP contribution in [0.4, 0.5) is 10.1 Å². The molecule has 1 rings (SSSR count). The van der Waals surface area contributed by atoms with Crippen molar-refractivity contribution >= 4 is 11.6 Å². The number of amides is 1. The van der Waals surface area contributed by atoms with Crippen LogP contribution < -0.4 is 5.32 Å². The van der Waals surface area contributed by atoms with Crippen molar-refractivity contribution < 1.29 is 18.7 Å². The van der Waals surface area contributed by atoms with E-state index in [2.05, 4.69) is 10.2 Å². The van der Waals surface area contributed by atoms with Crippen molar-refractivity contribution in [2.24, 2.45) is 0 Å². The molecule has 0 heterocycles. The fourth-order valence-electron chi connectivity index (χ4n) is 1.28. The fraction of sp³-hybridized carbons (Fsp3) is 0.333. The molecule has 96 valence electrons. The molecular weight excluding hydrogens is 239 g/mol. The van der Waals surface area contributed by atoms with Crippen LogP contribution in [0.2, 0.25) is 0 Å². The first-order chi connectivity index (χ1) is 8.62. The molecule has 0 aliphatic heterocycles. The molecule has 18 heavy (non-hydrogen) atoms. The van der Waals surface area contributed by atoms with E-state index < -0.39 is 18.0 Å². The number of halogens is 1. The van der Waals surface area contributed by atoms with Crippen LogP contribution in [0.3, 0.4) is 0 Å². The molecule has 1 amide bonds. The zero-order valence-electron chi connectivity index (χ0n) is 10.1. The van der Waals surface area contributed by atoms with E-state index in [-0.39, 0.29) is 17.8 Å². The average Bonchev–Trinajstić information content (AvgIpc) is 2.39. The summed E-state index contributed by atoms with van der Waals surface area (Å²) in [5.41, 5.74) is 0.0315. The lowest BCUT2D eigenvalue weighted by atomic mass is 10.2. The third-order valence-corrected chi connectivity index (χ3v) is 2.29. The molecule has 0 unspecified atom stereocenters. The van der Waals surface area contributed by atoms with Gasteiger partial charge in [-0.3, -0.25) is 4.79 Å². The molecule has 0 saturated heterocycles. The van der Waals surface area contributed by atoms with Crippen LogP contribution in [-0.4, -0.2) is 33.0 Å². The van der Waals surface area contributed by atoms with Crippen molar-refractivity contribution in [1.29, 1.82) is 0 Å². The number of nitrogens with one attached hydrogen (secondary N) is 1. The Balaban J connectivity index is 2.68. The number of rotatable bonds is 5. The van der Waals surface area contributed by atoms with Crippen LogP contribution >= 0.6 is 0 Å². The molecule has 0 aromatic heterocycles. The standard InChI is InChI=1S/C12H13FN2O3/c1-14-10-5-4-8(6-9(10)13)12(16)15-7-11(17-2)18-3/h4-6,11H,7H2,2-3H3,(H,15,16). The molecule has 0 fully saturated rings. The predicted octanol–water partition coefficient (Wildman–Crippen LogP) is 1.73. The molecule has 0 aliphatic rings. The van der Waals surface area contributed by atoms with Crippen LogP contribution in [0.25, 0.3) is 4.85 Å². The number of carbonyl (C=O) groups is 1. The maximum absolute atomic E-state index is 13.3. The van der Waals surface area contributed by atoms with Crippen molar-refractivity contribution in [2.45, 2.75) is 6.29 Å². The Morgan fingerprint density at radius 1 is 1.50 bits per heavy atom. The van der Waals surface area contributed by atoms with Crippen LogP contribution in [0.15, 0.2) is 18.2 Å². The SMILES string of the molecule is [C-]#[N+]c1ccc(C(=O)NCC(OC)OC)cc1F. The van der Waals surface area contributed by atoms with E-state index in [1.165, 1.54) is 26.4 Å². The lowest BCUT2D eigenvalue weighted by molar-refractivity contribution is -0.0974. The first kappa shape index (κ1) is 14.1. The van der Waals surface area contributed by atoms with Crippen LogP contribution in [-0.2, 0) is 9.47 Å². The van der Waals surface area contributed by atoms with Gasteiger partial charge >= 0.3 is 0 Å². The zero-order valence-corrected chi connectivity index (χ0v) is 10.1. The van der Waals surface area contributed by atoms with Gasteiger partial charge < -0.3 is 14.8 Å². The number of ether oxygens (including phenoxy) is 2. The smallest absolute Gasteiger partial charge is 0.251 e. The number of hydrogen-bond acceptors (Lipinski definition) is 3. The number of hydrogen-bond donors (Lipinski definition) is 1. The van der Waals surface area contributed by atoms with Gasteiger partial charge in [-0.15, -0.1) is 0 Å². The minimum atomic E-state index is -0.715. The summed E-state index contributed by atoms with van der Waals surface area (Å²) >= 11 is 0. The molecule has 6 heteroatoms. The highest BCUT2D eigenvalue weighted by atomic mass is 19.1. The predicted molar refractivity (Wildman–Crippen MR) is 62.8 cm³/mol. The highest BCUT2D eigenvalue weighted by Crippen LogP contribution is 2.18. The van der Waals surface area contributed by atoms with Gasteiger partial charge in [-0.2, -0.15) is 0 Å². The Labute approximate surface area is 104 Å². The van der Waals surface area contributed by atoms with Crippen molar-refractivity contribution in [3.05, 3.63) is 41.0 Å². The number of benzene rings is 1. The van der Waals surface area contributed by atoms with E-state index in [0.29, 0.717) is 0 Å². The summed E-state index contributed by atoms with van der Waals surface area (Å²) in [4.78, 5) is 14.6.